The maximum absolute atomic E-state index is 13.5. The highest BCUT2D eigenvalue weighted by molar-refractivity contribution is 5.33. The fourth-order valence-electron chi connectivity index (χ4n) is 1.46. The quantitative estimate of drug-likeness (QED) is 0.855. The van der Waals surface area contributed by atoms with Crippen LogP contribution in [0.3, 0.4) is 0 Å². The average Bonchev–Trinajstić information content (AvgIpc) is 2.82. The van der Waals surface area contributed by atoms with Crippen molar-refractivity contribution < 1.29 is 13.2 Å². The zero-order valence-corrected chi connectivity index (χ0v) is 9.57. The largest absolute Gasteiger partial charge is 0.323 e. The maximum Gasteiger partial charge on any atom is 0.161 e. The molecule has 0 bridgehead atoms. The van der Waals surface area contributed by atoms with Crippen LogP contribution in [0.15, 0.2) is 18.3 Å². The smallest absolute Gasteiger partial charge is 0.161 e. The molecule has 1 atom stereocenters. The molecular formula is C11H11F3N4. The molecule has 1 heterocycles. The summed E-state index contributed by atoms with van der Waals surface area (Å²) in [7, 11) is 0. The Balaban J connectivity index is 2.43. The number of nitrogens with two attached hydrogens (primary N) is 1. The van der Waals surface area contributed by atoms with Crippen molar-refractivity contribution >= 4 is 0 Å². The van der Waals surface area contributed by atoms with Gasteiger partial charge in [0.15, 0.2) is 17.5 Å². The van der Waals surface area contributed by atoms with Gasteiger partial charge in [0.25, 0.3) is 0 Å². The van der Waals surface area contributed by atoms with Gasteiger partial charge >= 0.3 is 0 Å². The average molecular weight is 256 g/mol. The minimum atomic E-state index is -1.25. The molecule has 0 spiro atoms. The number of nitrogens with zero attached hydrogens (tertiary/aromatic N) is 3. The topological polar surface area (TPSA) is 56.7 Å². The van der Waals surface area contributed by atoms with Crippen LogP contribution in [-0.2, 0) is 0 Å². The second-order valence-corrected chi connectivity index (χ2v) is 3.82. The fraction of sp³-hybridized carbons (Fsp3) is 0.273. The van der Waals surface area contributed by atoms with E-state index in [9.17, 15) is 13.2 Å². The molecule has 0 saturated carbocycles. The lowest BCUT2D eigenvalue weighted by molar-refractivity contribution is 0.491. The predicted molar refractivity (Wildman–Crippen MR) is 58.5 cm³/mol. The molecule has 0 saturated heterocycles. The molecular weight excluding hydrogens is 245 g/mol. The van der Waals surface area contributed by atoms with Gasteiger partial charge < -0.3 is 5.73 Å². The Kier molecular flexibility index (Phi) is 3.33. The molecule has 0 aliphatic carbocycles. The van der Waals surface area contributed by atoms with Crippen molar-refractivity contribution in [2.45, 2.75) is 19.4 Å². The minimum Gasteiger partial charge on any atom is -0.323 e. The van der Waals surface area contributed by atoms with E-state index in [4.69, 9.17) is 5.73 Å². The first-order valence-electron chi connectivity index (χ1n) is 5.35. The molecule has 2 rings (SSSR count). The van der Waals surface area contributed by atoms with Crippen LogP contribution in [0.5, 0.6) is 0 Å². The number of benzene rings is 1. The highest BCUT2D eigenvalue weighted by Gasteiger charge is 2.14. The third kappa shape index (κ3) is 2.21. The fourth-order valence-corrected chi connectivity index (χ4v) is 1.46. The predicted octanol–water partition coefficient (Wildman–Crippen LogP) is 2.09. The van der Waals surface area contributed by atoms with Crippen LogP contribution in [0, 0.1) is 17.5 Å². The van der Waals surface area contributed by atoms with E-state index in [0.717, 1.165) is 10.7 Å². The first-order valence-corrected chi connectivity index (χ1v) is 5.35. The number of rotatable bonds is 3. The summed E-state index contributed by atoms with van der Waals surface area (Å²) in [6.45, 7) is 1.86. The third-order valence-corrected chi connectivity index (χ3v) is 2.57. The van der Waals surface area contributed by atoms with Gasteiger partial charge in [-0.1, -0.05) is 12.1 Å². The van der Waals surface area contributed by atoms with Gasteiger partial charge in [-0.05, 0) is 6.42 Å². The van der Waals surface area contributed by atoms with Gasteiger partial charge in [0, 0.05) is 12.1 Å². The summed E-state index contributed by atoms with van der Waals surface area (Å²) >= 11 is 0. The number of halogens is 3. The highest BCUT2D eigenvalue weighted by Crippen LogP contribution is 2.18. The summed E-state index contributed by atoms with van der Waals surface area (Å²) in [4.78, 5) is 0. The van der Waals surface area contributed by atoms with Crippen molar-refractivity contribution in [1.29, 1.82) is 0 Å². The van der Waals surface area contributed by atoms with Crippen LogP contribution in [0.25, 0.3) is 5.69 Å². The van der Waals surface area contributed by atoms with Gasteiger partial charge in [-0.3, -0.25) is 0 Å². The van der Waals surface area contributed by atoms with Crippen molar-refractivity contribution in [3.63, 3.8) is 0 Å². The number of hydrogen-bond acceptors (Lipinski definition) is 3. The van der Waals surface area contributed by atoms with E-state index in [1.54, 1.807) is 0 Å². The van der Waals surface area contributed by atoms with Gasteiger partial charge in [-0.2, -0.15) is 0 Å². The molecule has 0 aliphatic rings. The molecule has 7 heteroatoms. The summed E-state index contributed by atoms with van der Waals surface area (Å²) in [5, 5.41) is 7.41. The molecule has 2 N–H and O–H groups in total. The summed E-state index contributed by atoms with van der Waals surface area (Å²) in [6, 6.07) is 0.860. The van der Waals surface area contributed by atoms with Crippen LogP contribution in [0.2, 0.25) is 0 Å². The molecule has 0 aliphatic heterocycles. The zero-order chi connectivity index (χ0) is 13.3. The summed E-state index contributed by atoms with van der Waals surface area (Å²) in [6.07, 6.45) is 2.03. The van der Waals surface area contributed by atoms with Crippen molar-refractivity contribution in [2.75, 3.05) is 0 Å². The highest BCUT2D eigenvalue weighted by atomic mass is 19.2. The van der Waals surface area contributed by atoms with E-state index in [1.807, 2.05) is 6.92 Å². The molecule has 1 aromatic carbocycles. The summed E-state index contributed by atoms with van der Waals surface area (Å²) in [5.41, 5.74) is 5.98. The Hall–Kier alpha value is -1.89. The Bertz CT molecular complexity index is 567. The van der Waals surface area contributed by atoms with Gasteiger partial charge in [-0.15, -0.1) is 5.10 Å². The molecule has 0 fully saturated rings. The lowest BCUT2D eigenvalue weighted by atomic mass is 10.2. The van der Waals surface area contributed by atoms with Crippen LogP contribution < -0.4 is 5.73 Å². The van der Waals surface area contributed by atoms with Crippen molar-refractivity contribution in [2.24, 2.45) is 5.73 Å². The van der Waals surface area contributed by atoms with E-state index in [0.29, 0.717) is 18.2 Å². The van der Waals surface area contributed by atoms with Gasteiger partial charge in [0.1, 0.15) is 5.69 Å². The van der Waals surface area contributed by atoms with E-state index < -0.39 is 17.5 Å². The van der Waals surface area contributed by atoms with Crippen molar-refractivity contribution in [1.82, 2.24) is 15.0 Å². The second-order valence-electron chi connectivity index (χ2n) is 3.82. The SMILES string of the molecule is CCC(N)c1cn(-c2cc(F)c(F)cc2F)nn1. The molecule has 96 valence electrons. The van der Waals surface area contributed by atoms with Gasteiger partial charge in [-0.25, -0.2) is 17.9 Å². The summed E-state index contributed by atoms with van der Waals surface area (Å²) < 4.78 is 40.3. The number of aromatic nitrogens is 3. The molecule has 2 aromatic rings. The Morgan fingerprint density at radius 1 is 1.22 bits per heavy atom. The van der Waals surface area contributed by atoms with E-state index in [-0.39, 0.29) is 11.7 Å². The molecule has 1 unspecified atom stereocenters. The van der Waals surface area contributed by atoms with E-state index in [1.165, 1.54) is 6.20 Å². The van der Waals surface area contributed by atoms with Crippen molar-refractivity contribution in [3.8, 4) is 5.69 Å². The molecule has 4 nitrogen and oxygen atoms in total. The molecule has 0 radical (unpaired) electrons. The van der Waals surface area contributed by atoms with Gasteiger partial charge in [0.05, 0.1) is 17.9 Å². The third-order valence-electron chi connectivity index (χ3n) is 2.57. The Labute approximate surface area is 101 Å². The normalized spacial score (nSPS) is 12.7. The standard InChI is InChI=1S/C11H11F3N4/c1-2-9(15)10-5-18(17-16-10)11-4-7(13)6(12)3-8(11)14/h3-5,9H,2,15H2,1H3. The zero-order valence-electron chi connectivity index (χ0n) is 9.57. The second kappa shape index (κ2) is 4.77. The first-order chi connectivity index (χ1) is 8.52. The van der Waals surface area contributed by atoms with Crippen LogP contribution in [0.4, 0.5) is 13.2 Å². The van der Waals surface area contributed by atoms with Crippen LogP contribution in [0.1, 0.15) is 25.1 Å². The minimum absolute atomic E-state index is 0.212. The first kappa shape index (κ1) is 12.6. The van der Waals surface area contributed by atoms with Crippen LogP contribution in [-0.4, -0.2) is 15.0 Å². The Morgan fingerprint density at radius 3 is 2.56 bits per heavy atom. The van der Waals surface area contributed by atoms with Crippen LogP contribution >= 0.6 is 0 Å². The lowest BCUT2D eigenvalue weighted by Gasteiger charge is -2.04. The molecule has 1 aromatic heterocycles. The monoisotopic (exact) mass is 256 g/mol. The van der Waals surface area contributed by atoms with Crippen molar-refractivity contribution in [3.05, 3.63) is 41.5 Å². The number of hydrogen-bond donors (Lipinski definition) is 1. The summed E-state index contributed by atoms with van der Waals surface area (Å²) in [5.74, 6) is -3.32. The van der Waals surface area contributed by atoms with Gasteiger partial charge in [0.2, 0.25) is 0 Å². The lowest BCUT2D eigenvalue weighted by Crippen LogP contribution is -2.08. The Morgan fingerprint density at radius 2 is 1.89 bits per heavy atom. The maximum atomic E-state index is 13.5. The molecule has 0 amide bonds. The van der Waals surface area contributed by atoms with E-state index in [2.05, 4.69) is 10.3 Å². The van der Waals surface area contributed by atoms with E-state index >= 15 is 0 Å². The molecule has 18 heavy (non-hydrogen) atoms.